The molecule has 18 heavy (non-hydrogen) atoms. The lowest BCUT2D eigenvalue weighted by Crippen LogP contribution is -2.10. The fraction of sp³-hybridized carbons (Fsp3) is 0.692. The standard InChI is InChI=1S/C13H22N4O/c1-3-5-9-6-10(9)15-12-7-11(14)16-13(17-12)8-18-4-2/h7,9-10H,3-6,8H2,1-2H3,(H3,14,15,16,17). The van der Waals surface area contributed by atoms with Crippen molar-refractivity contribution in [2.45, 2.75) is 45.8 Å². The molecule has 0 aliphatic heterocycles. The predicted octanol–water partition coefficient (Wildman–Crippen LogP) is 2.20. The highest BCUT2D eigenvalue weighted by Crippen LogP contribution is 2.36. The number of nitrogens with zero attached hydrogens (tertiary/aromatic N) is 2. The second-order valence-electron chi connectivity index (χ2n) is 4.77. The molecule has 1 aliphatic carbocycles. The normalized spacial score (nSPS) is 21.9. The van der Waals surface area contributed by atoms with Gasteiger partial charge in [0, 0.05) is 18.7 Å². The second-order valence-corrected chi connectivity index (χ2v) is 4.77. The third-order valence-electron chi connectivity index (χ3n) is 3.14. The van der Waals surface area contributed by atoms with E-state index in [0.29, 0.717) is 30.9 Å². The summed E-state index contributed by atoms with van der Waals surface area (Å²) in [5.74, 6) is 2.75. The van der Waals surface area contributed by atoms with Gasteiger partial charge in [-0.3, -0.25) is 0 Å². The van der Waals surface area contributed by atoms with Gasteiger partial charge in [0.1, 0.15) is 18.2 Å². The van der Waals surface area contributed by atoms with Crippen LogP contribution in [0.5, 0.6) is 0 Å². The van der Waals surface area contributed by atoms with Crippen molar-refractivity contribution in [1.29, 1.82) is 0 Å². The molecule has 0 spiro atoms. The van der Waals surface area contributed by atoms with Crippen molar-refractivity contribution in [2.24, 2.45) is 5.92 Å². The fourth-order valence-corrected chi connectivity index (χ4v) is 2.15. The first-order chi connectivity index (χ1) is 8.72. The molecular formula is C13H22N4O. The molecule has 2 unspecified atom stereocenters. The molecule has 0 bridgehead atoms. The molecule has 5 nitrogen and oxygen atoms in total. The number of anilines is 2. The van der Waals surface area contributed by atoms with Gasteiger partial charge in [-0.15, -0.1) is 0 Å². The molecule has 0 saturated heterocycles. The molecule has 5 heteroatoms. The Hall–Kier alpha value is -1.36. The van der Waals surface area contributed by atoms with Crippen LogP contribution in [-0.2, 0) is 11.3 Å². The van der Waals surface area contributed by atoms with Crippen LogP contribution in [-0.4, -0.2) is 22.6 Å². The van der Waals surface area contributed by atoms with Crippen LogP contribution in [0.1, 0.15) is 38.9 Å². The van der Waals surface area contributed by atoms with E-state index in [1.807, 2.05) is 6.92 Å². The predicted molar refractivity (Wildman–Crippen MR) is 72.2 cm³/mol. The van der Waals surface area contributed by atoms with Crippen molar-refractivity contribution in [3.8, 4) is 0 Å². The zero-order valence-electron chi connectivity index (χ0n) is 11.1. The summed E-state index contributed by atoms with van der Waals surface area (Å²) in [5, 5.41) is 3.42. The average molecular weight is 250 g/mol. The maximum atomic E-state index is 5.77. The van der Waals surface area contributed by atoms with E-state index in [0.717, 1.165) is 11.7 Å². The van der Waals surface area contributed by atoms with E-state index in [-0.39, 0.29) is 0 Å². The van der Waals surface area contributed by atoms with Crippen LogP contribution in [0.3, 0.4) is 0 Å². The first-order valence-electron chi connectivity index (χ1n) is 6.70. The quantitative estimate of drug-likeness (QED) is 0.776. The van der Waals surface area contributed by atoms with Gasteiger partial charge in [0.15, 0.2) is 5.82 Å². The van der Waals surface area contributed by atoms with Gasteiger partial charge in [0.25, 0.3) is 0 Å². The topological polar surface area (TPSA) is 73.1 Å². The Morgan fingerprint density at radius 1 is 1.44 bits per heavy atom. The van der Waals surface area contributed by atoms with Gasteiger partial charge in [-0.05, 0) is 25.7 Å². The lowest BCUT2D eigenvalue weighted by atomic mass is 10.2. The number of ether oxygens (including phenoxy) is 1. The molecule has 1 aromatic rings. The third kappa shape index (κ3) is 3.57. The molecule has 100 valence electrons. The molecule has 1 saturated carbocycles. The van der Waals surface area contributed by atoms with Crippen molar-refractivity contribution in [3.63, 3.8) is 0 Å². The van der Waals surface area contributed by atoms with Gasteiger partial charge in [0.05, 0.1) is 0 Å². The largest absolute Gasteiger partial charge is 0.384 e. The molecule has 2 rings (SSSR count). The van der Waals surface area contributed by atoms with E-state index in [4.69, 9.17) is 10.5 Å². The number of nitrogens with two attached hydrogens (primary N) is 1. The summed E-state index contributed by atoms with van der Waals surface area (Å²) in [5.41, 5.74) is 5.77. The monoisotopic (exact) mass is 250 g/mol. The van der Waals surface area contributed by atoms with Crippen LogP contribution in [0.4, 0.5) is 11.6 Å². The van der Waals surface area contributed by atoms with Crippen LogP contribution in [0.25, 0.3) is 0 Å². The number of nitrogen functional groups attached to an aromatic ring is 1. The Morgan fingerprint density at radius 2 is 2.28 bits per heavy atom. The fourth-order valence-electron chi connectivity index (χ4n) is 2.15. The van der Waals surface area contributed by atoms with Crippen molar-refractivity contribution in [2.75, 3.05) is 17.7 Å². The Kier molecular flexibility index (Phi) is 4.36. The lowest BCUT2D eigenvalue weighted by molar-refractivity contribution is 0.128. The third-order valence-corrected chi connectivity index (χ3v) is 3.14. The maximum Gasteiger partial charge on any atom is 0.158 e. The van der Waals surface area contributed by atoms with Crippen molar-refractivity contribution >= 4 is 11.6 Å². The molecule has 2 atom stereocenters. The first-order valence-corrected chi connectivity index (χ1v) is 6.70. The van der Waals surface area contributed by atoms with E-state index >= 15 is 0 Å². The lowest BCUT2D eigenvalue weighted by Gasteiger charge is -2.08. The van der Waals surface area contributed by atoms with Crippen molar-refractivity contribution in [1.82, 2.24) is 9.97 Å². The molecule has 0 aromatic carbocycles. The Bertz CT molecular complexity index is 397. The first kappa shape index (κ1) is 13.1. The minimum atomic E-state index is 0.416. The van der Waals surface area contributed by atoms with Crippen LogP contribution in [0.15, 0.2) is 6.07 Å². The van der Waals surface area contributed by atoms with Gasteiger partial charge in [0.2, 0.25) is 0 Å². The summed E-state index contributed by atoms with van der Waals surface area (Å²) in [6.45, 7) is 5.24. The number of nitrogens with one attached hydrogen (secondary N) is 1. The van der Waals surface area contributed by atoms with Gasteiger partial charge >= 0.3 is 0 Å². The van der Waals surface area contributed by atoms with E-state index in [1.54, 1.807) is 6.07 Å². The number of rotatable bonds is 7. The van der Waals surface area contributed by atoms with Crippen molar-refractivity contribution < 1.29 is 4.74 Å². The maximum absolute atomic E-state index is 5.77. The molecular weight excluding hydrogens is 228 g/mol. The molecule has 1 aliphatic rings. The molecule has 1 aromatic heterocycles. The summed E-state index contributed by atoms with van der Waals surface area (Å²) >= 11 is 0. The summed E-state index contributed by atoms with van der Waals surface area (Å²) in [7, 11) is 0. The molecule has 3 N–H and O–H groups in total. The van der Waals surface area contributed by atoms with E-state index in [1.165, 1.54) is 19.3 Å². The number of hydrogen-bond donors (Lipinski definition) is 2. The summed E-state index contributed by atoms with van der Waals surface area (Å²) in [4.78, 5) is 8.57. The van der Waals surface area contributed by atoms with E-state index in [2.05, 4.69) is 22.2 Å². The van der Waals surface area contributed by atoms with Gasteiger partial charge < -0.3 is 15.8 Å². The van der Waals surface area contributed by atoms with Gasteiger partial charge in [-0.1, -0.05) is 13.3 Å². The molecule has 0 radical (unpaired) electrons. The van der Waals surface area contributed by atoms with Gasteiger partial charge in [-0.2, -0.15) is 0 Å². The van der Waals surface area contributed by atoms with Crippen molar-refractivity contribution in [3.05, 3.63) is 11.9 Å². The van der Waals surface area contributed by atoms with Crippen LogP contribution in [0, 0.1) is 5.92 Å². The highest BCUT2D eigenvalue weighted by molar-refractivity contribution is 5.46. The van der Waals surface area contributed by atoms with Crippen LogP contribution in [0.2, 0.25) is 0 Å². The summed E-state index contributed by atoms with van der Waals surface area (Å²) in [6, 6.07) is 2.34. The minimum Gasteiger partial charge on any atom is -0.384 e. The molecule has 0 amide bonds. The summed E-state index contributed by atoms with van der Waals surface area (Å²) < 4.78 is 5.30. The SMILES string of the molecule is CCCC1CC1Nc1cc(N)nc(COCC)n1. The zero-order chi connectivity index (χ0) is 13.0. The van der Waals surface area contributed by atoms with Crippen LogP contribution >= 0.6 is 0 Å². The minimum absolute atomic E-state index is 0.416. The number of aromatic nitrogens is 2. The smallest absolute Gasteiger partial charge is 0.158 e. The average Bonchev–Trinajstić information content (AvgIpc) is 3.04. The zero-order valence-corrected chi connectivity index (χ0v) is 11.1. The highest BCUT2D eigenvalue weighted by Gasteiger charge is 2.36. The Morgan fingerprint density at radius 3 is 3.00 bits per heavy atom. The van der Waals surface area contributed by atoms with Crippen LogP contribution < -0.4 is 11.1 Å². The molecule has 1 heterocycles. The van der Waals surface area contributed by atoms with Gasteiger partial charge in [-0.25, -0.2) is 9.97 Å². The molecule has 1 fully saturated rings. The number of hydrogen-bond acceptors (Lipinski definition) is 5. The second kappa shape index (κ2) is 6.00. The Labute approximate surface area is 108 Å². The highest BCUT2D eigenvalue weighted by atomic mass is 16.5. The van der Waals surface area contributed by atoms with E-state index in [9.17, 15) is 0 Å². The van der Waals surface area contributed by atoms with E-state index < -0.39 is 0 Å². The summed E-state index contributed by atoms with van der Waals surface area (Å²) in [6.07, 6.45) is 3.76. The Balaban J connectivity index is 1.93.